The number of aromatic nitrogens is 2. The van der Waals surface area contributed by atoms with Crippen LogP contribution in [0.2, 0.25) is 0 Å². The zero-order valence-corrected chi connectivity index (χ0v) is 12.4. The van der Waals surface area contributed by atoms with Gasteiger partial charge in [0.05, 0.1) is 17.0 Å². The van der Waals surface area contributed by atoms with Crippen molar-refractivity contribution in [1.82, 2.24) is 9.78 Å². The molecule has 0 fully saturated rings. The third-order valence-corrected chi connectivity index (χ3v) is 3.62. The zero-order chi connectivity index (χ0) is 16.7. The van der Waals surface area contributed by atoms with E-state index in [-0.39, 0.29) is 22.4 Å². The second-order valence-corrected chi connectivity index (χ2v) is 5.15. The van der Waals surface area contributed by atoms with Gasteiger partial charge in [-0.2, -0.15) is 5.10 Å². The topological polar surface area (TPSA) is 17.8 Å². The predicted octanol–water partition coefficient (Wildman–Crippen LogP) is 4.62. The monoisotopic (exact) mass is 320 g/mol. The number of nitrogens with zero attached hydrogens (tertiary/aromatic N) is 2. The van der Waals surface area contributed by atoms with E-state index in [4.69, 9.17) is 0 Å². The Morgan fingerprint density at radius 3 is 2.13 bits per heavy atom. The minimum atomic E-state index is -0.820. The Morgan fingerprint density at radius 1 is 0.870 bits per heavy atom. The molecule has 0 aliphatic carbocycles. The molecule has 6 heteroatoms. The normalized spacial score (nSPS) is 11.0. The van der Waals surface area contributed by atoms with Crippen molar-refractivity contribution in [2.45, 2.75) is 6.92 Å². The fraction of sp³-hybridized carbons (Fsp3) is 0.118. The maximum Gasteiger partial charge on any atom is 0.135 e. The molecule has 0 spiro atoms. The van der Waals surface area contributed by atoms with Crippen molar-refractivity contribution in [2.75, 3.05) is 0 Å². The van der Waals surface area contributed by atoms with Crippen LogP contribution in [0.1, 0.15) is 5.69 Å². The van der Waals surface area contributed by atoms with Crippen molar-refractivity contribution < 1.29 is 17.6 Å². The van der Waals surface area contributed by atoms with Crippen LogP contribution in [-0.4, -0.2) is 9.78 Å². The van der Waals surface area contributed by atoms with E-state index in [1.54, 1.807) is 6.92 Å². The van der Waals surface area contributed by atoms with Crippen molar-refractivity contribution in [1.29, 1.82) is 0 Å². The number of benzene rings is 2. The van der Waals surface area contributed by atoms with E-state index < -0.39 is 23.3 Å². The van der Waals surface area contributed by atoms with Gasteiger partial charge in [0, 0.05) is 24.2 Å². The Kier molecular flexibility index (Phi) is 3.67. The van der Waals surface area contributed by atoms with Crippen molar-refractivity contribution in [3.05, 3.63) is 65.4 Å². The van der Waals surface area contributed by atoms with Gasteiger partial charge in [-0.15, -0.1) is 0 Å². The highest BCUT2D eigenvalue weighted by Gasteiger charge is 2.24. The summed E-state index contributed by atoms with van der Waals surface area (Å²) in [7, 11) is 1.51. The maximum absolute atomic E-state index is 14.2. The van der Waals surface area contributed by atoms with Crippen LogP contribution in [-0.2, 0) is 7.05 Å². The predicted molar refractivity (Wildman–Crippen MR) is 78.6 cm³/mol. The Labute approximate surface area is 130 Å². The summed E-state index contributed by atoms with van der Waals surface area (Å²) in [4.78, 5) is 0. The van der Waals surface area contributed by atoms with Crippen LogP contribution in [0.25, 0.3) is 22.4 Å². The van der Waals surface area contributed by atoms with Gasteiger partial charge in [-0.25, -0.2) is 17.6 Å². The number of rotatable bonds is 2. The summed E-state index contributed by atoms with van der Waals surface area (Å²) in [5, 5.41) is 4.13. The van der Waals surface area contributed by atoms with E-state index in [0.29, 0.717) is 5.69 Å². The lowest BCUT2D eigenvalue weighted by Gasteiger charge is -2.10. The number of aryl methyl sites for hydroxylation is 2. The van der Waals surface area contributed by atoms with Crippen molar-refractivity contribution in [3.63, 3.8) is 0 Å². The maximum atomic E-state index is 14.2. The largest absolute Gasteiger partial charge is 0.267 e. The quantitative estimate of drug-likeness (QED) is 0.630. The summed E-state index contributed by atoms with van der Waals surface area (Å²) in [5.74, 6) is -3.11. The SMILES string of the molecule is Cc1nn(C)c(-c2c(F)cccc2F)c1-c1ccc(F)cc1F. The lowest BCUT2D eigenvalue weighted by molar-refractivity contribution is 0.583. The van der Waals surface area contributed by atoms with Crippen molar-refractivity contribution in [2.24, 2.45) is 7.05 Å². The van der Waals surface area contributed by atoms with E-state index >= 15 is 0 Å². The van der Waals surface area contributed by atoms with Gasteiger partial charge < -0.3 is 0 Å². The molecule has 0 saturated carbocycles. The molecule has 3 aromatic rings. The van der Waals surface area contributed by atoms with Crippen molar-refractivity contribution >= 4 is 0 Å². The molecule has 0 aliphatic heterocycles. The van der Waals surface area contributed by atoms with Crippen LogP contribution in [0.15, 0.2) is 36.4 Å². The molecular formula is C17H12F4N2. The van der Waals surface area contributed by atoms with Gasteiger partial charge >= 0.3 is 0 Å². The first-order chi connectivity index (χ1) is 10.9. The molecule has 0 atom stereocenters. The van der Waals surface area contributed by atoms with Crippen LogP contribution < -0.4 is 0 Å². The zero-order valence-electron chi connectivity index (χ0n) is 12.4. The number of hydrogen-bond donors (Lipinski definition) is 0. The highest BCUT2D eigenvalue weighted by Crippen LogP contribution is 2.38. The molecule has 2 nitrogen and oxygen atoms in total. The molecule has 0 radical (unpaired) electrons. The summed E-state index contributed by atoms with van der Waals surface area (Å²) in [6.07, 6.45) is 0. The molecule has 0 saturated heterocycles. The number of halogens is 4. The fourth-order valence-corrected chi connectivity index (χ4v) is 2.68. The molecule has 3 rings (SSSR count). The van der Waals surface area contributed by atoms with Gasteiger partial charge in [-0.3, -0.25) is 4.68 Å². The average Bonchev–Trinajstić information content (AvgIpc) is 2.74. The minimum absolute atomic E-state index is 0.0367. The summed E-state index contributed by atoms with van der Waals surface area (Å²) in [6.45, 7) is 1.60. The first-order valence-corrected chi connectivity index (χ1v) is 6.83. The molecule has 0 N–H and O–H groups in total. The first kappa shape index (κ1) is 15.3. The van der Waals surface area contributed by atoms with Gasteiger partial charge in [0.1, 0.15) is 23.3 Å². The molecule has 2 aromatic carbocycles. The summed E-state index contributed by atoms with van der Waals surface area (Å²) in [6, 6.07) is 6.53. The Bertz CT molecular complexity index is 880. The second kappa shape index (κ2) is 5.53. The van der Waals surface area contributed by atoms with Crippen LogP contribution >= 0.6 is 0 Å². The summed E-state index contributed by atoms with van der Waals surface area (Å²) in [5.41, 5.74) is 0.456. The van der Waals surface area contributed by atoms with E-state index in [1.165, 1.54) is 23.9 Å². The van der Waals surface area contributed by atoms with E-state index in [9.17, 15) is 17.6 Å². The minimum Gasteiger partial charge on any atom is -0.267 e. The Hall–Kier alpha value is -2.63. The van der Waals surface area contributed by atoms with Crippen LogP contribution in [0.5, 0.6) is 0 Å². The van der Waals surface area contributed by atoms with Crippen LogP contribution in [0.3, 0.4) is 0 Å². The summed E-state index contributed by atoms with van der Waals surface area (Å²) >= 11 is 0. The van der Waals surface area contributed by atoms with Gasteiger partial charge in [-0.05, 0) is 31.2 Å². The van der Waals surface area contributed by atoms with Gasteiger partial charge in [-0.1, -0.05) is 6.07 Å². The molecule has 1 heterocycles. The first-order valence-electron chi connectivity index (χ1n) is 6.83. The van der Waals surface area contributed by atoms with E-state index in [0.717, 1.165) is 24.3 Å². The van der Waals surface area contributed by atoms with E-state index in [2.05, 4.69) is 5.10 Å². The molecule has 0 aliphatic rings. The van der Waals surface area contributed by atoms with Crippen LogP contribution in [0, 0.1) is 30.2 Å². The highest BCUT2D eigenvalue weighted by molar-refractivity contribution is 5.83. The summed E-state index contributed by atoms with van der Waals surface area (Å²) < 4.78 is 56.9. The number of hydrogen-bond acceptors (Lipinski definition) is 1. The van der Waals surface area contributed by atoms with E-state index in [1.807, 2.05) is 0 Å². The molecular weight excluding hydrogens is 308 g/mol. The highest BCUT2D eigenvalue weighted by atomic mass is 19.1. The third-order valence-electron chi connectivity index (χ3n) is 3.62. The molecule has 1 aromatic heterocycles. The third kappa shape index (κ3) is 2.50. The Morgan fingerprint density at radius 2 is 1.52 bits per heavy atom. The standard InChI is InChI=1S/C17H12F4N2/c1-9-15(11-7-6-10(18)8-14(11)21)17(23(2)22-9)16-12(19)4-3-5-13(16)20/h3-8H,1-2H3. The van der Waals surface area contributed by atoms with Crippen LogP contribution in [0.4, 0.5) is 17.6 Å². The fourth-order valence-electron chi connectivity index (χ4n) is 2.68. The van der Waals surface area contributed by atoms with Gasteiger partial charge in [0.25, 0.3) is 0 Å². The smallest absolute Gasteiger partial charge is 0.135 e. The lowest BCUT2D eigenvalue weighted by atomic mass is 9.98. The van der Waals surface area contributed by atoms with Gasteiger partial charge in [0.2, 0.25) is 0 Å². The molecule has 118 valence electrons. The lowest BCUT2D eigenvalue weighted by Crippen LogP contribution is -1.99. The van der Waals surface area contributed by atoms with Crippen molar-refractivity contribution in [3.8, 4) is 22.4 Å². The van der Waals surface area contributed by atoms with Gasteiger partial charge in [0.15, 0.2) is 0 Å². The average molecular weight is 320 g/mol. The molecule has 0 bridgehead atoms. The molecule has 23 heavy (non-hydrogen) atoms. The second-order valence-electron chi connectivity index (χ2n) is 5.15. The molecule has 0 unspecified atom stereocenters. The Balaban J connectivity index is 2.36. The molecule has 0 amide bonds.